The minimum Gasteiger partial charge on any atom is -0.497 e. The van der Waals surface area contributed by atoms with Gasteiger partial charge >= 0.3 is 0 Å². The Morgan fingerprint density at radius 2 is 1.66 bits per heavy atom. The minimum absolute atomic E-state index is 0.252. The van der Waals surface area contributed by atoms with Crippen molar-refractivity contribution in [3.05, 3.63) is 104 Å². The zero-order valence-corrected chi connectivity index (χ0v) is 21.5. The zero-order chi connectivity index (χ0) is 24.8. The normalized spacial score (nSPS) is 11.7. The van der Waals surface area contributed by atoms with Crippen LogP contribution in [0, 0.1) is 17.0 Å². The van der Waals surface area contributed by atoms with Gasteiger partial charge in [-0.25, -0.2) is 0 Å². The number of hydrogen-bond acceptors (Lipinski definition) is 7. The van der Waals surface area contributed by atoms with Crippen molar-refractivity contribution >= 4 is 27.7 Å². The van der Waals surface area contributed by atoms with Crippen molar-refractivity contribution in [1.82, 2.24) is 14.8 Å². The quantitative estimate of drug-likeness (QED) is 0.134. The van der Waals surface area contributed by atoms with E-state index in [1.54, 1.807) is 7.11 Å². The summed E-state index contributed by atoms with van der Waals surface area (Å²) in [6.45, 7) is 2.03. The molecule has 0 spiro atoms. The van der Waals surface area contributed by atoms with Crippen LogP contribution in [0.25, 0.3) is 5.69 Å². The molecule has 0 N–H and O–H groups in total. The Morgan fingerprint density at radius 3 is 2.29 bits per heavy atom. The predicted molar refractivity (Wildman–Crippen MR) is 138 cm³/mol. The molecule has 0 bridgehead atoms. The second-order valence-electron chi connectivity index (χ2n) is 7.67. The molecule has 4 rings (SSSR count). The van der Waals surface area contributed by atoms with E-state index in [1.165, 1.54) is 11.8 Å². The Balaban J connectivity index is 1.52. The van der Waals surface area contributed by atoms with Crippen LogP contribution in [0.2, 0.25) is 0 Å². The topological polar surface area (TPSA) is 92.3 Å². The number of benzene rings is 3. The zero-order valence-electron chi connectivity index (χ0n) is 19.1. The molecule has 1 aromatic heterocycles. The molecule has 0 aliphatic rings. The number of hydrogen-bond donors (Lipinski definition) is 0. The van der Waals surface area contributed by atoms with Crippen LogP contribution >= 0.6 is 27.7 Å². The molecule has 10 heteroatoms. The van der Waals surface area contributed by atoms with Gasteiger partial charge in [0.25, 0.3) is 0 Å². The number of aryl methyl sites for hydroxylation is 1. The molecule has 1 heterocycles. The Kier molecular flexibility index (Phi) is 8.04. The summed E-state index contributed by atoms with van der Waals surface area (Å²) in [5, 5.41) is 20.1. The average molecular weight is 555 g/mol. The van der Waals surface area contributed by atoms with Gasteiger partial charge in [-0.1, -0.05) is 52.0 Å². The number of nitro groups is 1. The third kappa shape index (κ3) is 6.40. The smallest absolute Gasteiger partial charge is 0.220 e. The minimum atomic E-state index is -0.453. The maximum atomic E-state index is 11.5. The van der Waals surface area contributed by atoms with Gasteiger partial charge in [0, 0.05) is 15.1 Å². The van der Waals surface area contributed by atoms with Crippen molar-refractivity contribution in [2.75, 3.05) is 13.7 Å². The van der Waals surface area contributed by atoms with Gasteiger partial charge in [-0.05, 0) is 66.6 Å². The third-order valence-corrected chi connectivity index (χ3v) is 6.97. The number of aromatic nitrogens is 3. The molecular weight excluding hydrogens is 532 g/mol. The first kappa shape index (κ1) is 24.7. The van der Waals surface area contributed by atoms with Crippen molar-refractivity contribution in [2.24, 2.45) is 0 Å². The molecule has 35 heavy (non-hydrogen) atoms. The molecule has 0 aliphatic carbocycles. The highest BCUT2D eigenvalue weighted by molar-refractivity contribution is 9.10. The fourth-order valence-electron chi connectivity index (χ4n) is 3.45. The molecule has 0 aliphatic heterocycles. The van der Waals surface area contributed by atoms with Crippen LogP contribution in [0.3, 0.4) is 0 Å². The second kappa shape index (κ2) is 11.4. The van der Waals surface area contributed by atoms with Crippen LogP contribution < -0.4 is 9.47 Å². The van der Waals surface area contributed by atoms with Crippen LogP contribution in [-0.2, 0) is 6.61 Å². The monoisotopic (exact) mass is 554 g/mol. The van der Waals surface area contributed by atoms with E-state index < -0.39 is 5.25 Å². The molecule has 0 saturated heterocycles. The summed E-state index contributed by atoms with van der Waals surface area (Å²) in [7, 11) is 1.61. The van der Waals surface area contributed by atoms with Crippen LogP contribution in [0.5, 0.6) is 11.5 Å². The highest BCUT2D eigenvalue weighted by Gasteiger charge is 2.24. The fraction of sp³-hybridized carbons (Fsp3) is 0.200. The summed E-state index contributed by atoms with van der Waals surface area (Å²) in [4.78, 5) is 11.2. The summed E-state index contributed by atoms with van der Waals surface area (Å²) in [6.07, 6.45) is 0. The molecule has 4 aromatic rings. The van der Waals surface area contributed by atoms with E-state index >= 15 is 0 Å². The molecule has 0 radical (unpaired) electrons. The van der Waals surface area contributed by atoms with Gasteiger partial charge in [0.1, 0.15) is 29.2 Å². The van der Waals surface area contributed by atoms with E-state index in [9.17, 15) is 10.1 Å². The van der Waals surface area contributed by atoms with Crippen LogP contribution in [0.1, 0.15) is 22.2 Å². The number of halogens is 1. The van der Waals surface area contributed by atoms with Crippen molar-refractivity contribution in [3.63, 3.8) is 0 Å². The first-order valence-electron chi connectivity index (χ1n) is 10.7. The van der Waals surface area contributed by atoms with Gasteiger partial charge in [0.05, 0.1) is 7.11 Å². The standard InChI is InChI=1S/C25H23BrN4O4S/c1-17-27-28-25(30(17)21-9-13-22(33-2)14-10-21)35-24(15-29(31)32)19-5-11-23(12-6-19)34-16-18-3-7-20(26)8-4-18/h3-14,24H,15-16H2,1-2H3/t24-/m0/s1. The van der Waals surface area contributed by atoms with Gasteiger partial charge in [0.15, 0.2) is 5.16 Å². The number of nitrogens with zero attached hydrogens (tertiary/aromatic N) is 4. The summed E-state index contributed by atoms with van der Waals surface area (Å²) in [6, 6.07) is 22.8. The lowest BCUT2D eigenvalue weighted by atomic mass is 10.1. The molecule has 0 saturated carbocycles. The van der Waals surface area contributed by atoms with Gasteiger partial charge in [-0.3, -0.25) is 14.7 Å². The number of thioether (sulfide) groups is 1. The summed E-state index contributed by atoms with van der Waals surface area (Å²) in [5.74, 6) is 2.12. The highest BCUT2D eigenvalue weighted by atomic mass is 79.9. The number of rotatable bonds is 10. The molecule has 1 atom stereocenters. The third-order valence-electron chi connectivity index (χ3n) is 5.26. The van der Waals surface area contributed by atoms with E-state index in [0.717, 1.165) is 27.0 Å². The Morgan fingerprint density at radius 1 is 1.00 bits per heavy atom. The van der Waals surface area contributed by atoms with Crippen molar-refractivity contribution in [1.29, 1.82) is 0 Å². The van der Waals surface area contributed by atoms with E-state index in [1.807, 2.05) is 84.3 Å². The van der Waals surface area contributed by atoms with Gasteiger partial charge in [0.2, 0.25) is 6.54 Å². The predicted octanol–water partition coefficient (Wildman–Crippen LogP) is 6.04. The Hall–Kier alpha value is -3.37. The molecule has 3 aromatic carbocycles. The summed E-state index contributed by atoms with van der Waals surface area (Å²) < 4.78 is 14.0. The molecule has 8 nitrogen and oxygen atoms in total. The average Bonchev–Trinajstić information content (AvgIpc) is 3.23. The first-order valence-corrected chi connectivity index (χ1v) is 12.4. The molecule has 180 valence electrons. The van der Waals surface area contributed by atoms with Crippen molar-refractivity contribution < 1.29 is 14.4 Å². The molecular formula is C25H23BrN4O4S. The lowest BCUT2D eigenvalue weighted by Crippen LogP contribution is -2.11. The van der Waals surface area contributed by atoms with Crippen LogP contribution in [-0.4, -0.2) is 33.3 Å². The van der Waals surface area contributed by atoms with Gasteiger partial charge < -0.3 is 9.47 Å². The lowest BCUT2D eigenvalue weighted by Gasteiger charge is -2.15. The fourth-order valence-corrected chi connectivity index (χ4v) is 4.89. The number of methoxy groups -OCH3 is 1. The molecule has 0 unspecified atom stereocenters. The lowest BCUT2D eigenvalue weighted by molar-refractivity contribution is -0.479. The van der Waals surface area contributed by atoms with Crippen LogP contribution in [0.4, 0.5) is 0 Å². The first-order chi connectivity index (χ1) is 16.9. The second-order valence-corrected chi connectivity index (χ2v) is 9.75. The Labute approximate surface area is 215 Å². The maximum absolute atomic E-state index is 11.5. The highest BCUT2D eigenvalue weighted by Crippen LogP contribution is 2.36. The van der Waals surface area contributed by atoms with Gasteiger partial charge in [-0.15, -0.1) is 10.2 Å². The van der Waals surface area contributed by atoms with Crippen LogP contribution in [0.15, 0.2) is 82.4 Å². The van der Waals surface area contributed by atoms with Gasteiger partial charge in [-0.2, -0.15) is 0 Å². The SMILES string of the molecule is COc1ccc(-n2c(C)nnc2S[C@@H](C[N+](=O)[O-])c2ccc(OCc3ccc(Br)cc3)cc2)cc1. The number of ether oxygens (including phenoxy) is 2. The maximum Gasteiger partial charge on any atom is 0.220 e. The van der Waals surface area contributed by atoms with E-state index in [-0.39, 0.29) is 11.5 Å². The van der Waals surface area contributed by atoms with E-state index in [0.29, 0.717) is 23.3 Å². The largest absolute Gasteiger partial charge is 0.497 e. The van der Waals surface area contributed by atoms with E-state index in [4.69, 9.17) is 9.47 Å². The molecule has 0 fully saturated rings. The van der Waals surface area contributed by atoms with Crippen molar-refractivity contribution in [2.45, 2.75) is 23.9 Å². The molecule has 0 amide bonds. The summed E-state index contributed by atoms with van der Waals surface area (Å²) >= 11 is 4.73. The Bertz CT molecular complexity index is 1280. The summed E-state index contributed by atoms with van der Waals surface area (Å²) in [5.41, 5.74) is 2.71. The van der Waals surface area contributed by atoms with Crippen molar-refractivity contribution in [3.8, 4) is 17.2 Å². The van der Waals surface area contributed by atoms with E-state index in [2.05, 4.69) is 26.1 Å².